The van der Waals surface area contributed by atoms with Crippen LogP contribution in [0.2, 0.25) is 0 Å². The maximum atomic E-state index is 12.4. The third-order valence-corrected chi connectivity index (χ3v) is 2.20. The first-order valence-corrected chi connectivity index (χ1v) is 5.34. The highest BCUT2D eigenvalue weighted by Crippen LogP contribution is 2.30. The monoisotopic (exact) mass is 251 g/mol. The lowest BCUT2D eigenvalue weighted by atomic mass is 10.1. The SMILES string of the molecule is CCNC(CC(F)(F)F)c1ccc(COC)o1. The molecule has 0 bridgehead atoms. The molecule has 17 heavy (non-hydrogen) atoms. The van der Waals surface area contributed by atoms with E-state index in [0.29, 0.717) is 12.3 Å². The minimum Gasteiger partial charge on any atom is -0.462 e. The van der Waals surface area contributed by atoms with Crippen LogP contribution in [0.1, 0.15) is 30.9 Å². The van der Waals surface area contributed by atoms with E-state index in [4.69, 9.17) is 9.15 Å². The van der Waals surface area contributed by atoms with Crippen molar-refractivity contribution in [3.63, 3.8) is 0 Å². The first-order chi connectivity index (χ1) is 7.96. The van der Waals surface area contributed by atoms with Crippen LogP contribution in [0.4, 0.5) is 13.2 Å². The highest BCUT2D eigenvalue weighted by atomic mass is 19.4. The number of methoxy groups -OCH3 is 1. The zero-order valence-corrected chi connectivity index (χ0v) is 9.80. The number of hydrogen-bond acceptors (Lipinski definition) is 3. The van der Waals surface area contributed by atoms with Crippen molar-refractivity contribution < 1.29 is 22.3 Å². The van der Waals surface area contributed by atoms with Crippen molar-refractivity contribution in [3.05, 3.63) is 23.7 Å². The minimum absolute atomic E-state index is 0.255. The third-order valence-electron chi connectivity index (χ3n) is 2.20. The van der Waals surface area contributed by atoms with Crippen molar-refractivity contribution in [2.24, 2.45) is 0 Å². The Bertz CT molecular complexity index is 336. The summed E-state index contributed by atoms with van der Waals surface area (Å²) < 4.78 is 47.2. The van der Waals surface area contributed by atoms with Crippen LogP contribution in [0.25, 0.3) is 0 Å². The van der Waals surface area contributed by atoms with Gasteiger partial charge in [-0.15, -0.1) is 0 Å². The van der Waals surface area contributed by atoms with Gasteiger partial charge in [-0.3, -0.25) is 0 Å². The second kappa shape index (κ2) is 6.07. The fraction of sp³-hybridized carbons (Fsp3) is 0.636. The summed E-state index contributed by atoms with van der Waals surface area (Å²) in [6.45, 7) is 2.45. The zero-order chi connectivity index (χ0) is 12.9. The van der Waals surface area contributed by atoms with E-state index >= 15 is 0 Å². The van der Waals surface area contributed by atoms with Crippen LogP contribution < -0.4 is 5.32 Å². The third kappa shape index (κ3) is 4.79. The number of nitrogens with one attached hydrogen (secondary N) is 1. The highest BCUT2D eigenvalue weighted by molar-refractivity contribution is 5.10. The summed E-state index contributed by atoms with van der Waals surface area (Å²) in [4.78, 5) is 0. The lowest BCUT2D eigenvalue weighted by Crippen LogP contribution is -2.26. The minimum atomic E-state index is -4.22. The summed E-state index contributed by atoms with van der Waals surface area (Å²) >= 11 is 0. The first kappa shape index (κ1) is 14.1. The molecule has 0 saturated carbocycles. The Hall–Kier alpha value is -1.01. The van der Waals surface area contributed by atoms with Crippen LogP contribution in [0.3, 0.4) is 0 Å². The molecular formula is C11H16F3NO2. The number of furan rings is 1. The molecule has 0 radical (unpaired) electrons. The highest BCUT2D eigenvalue weighted by Gasteiger charge is 2.33. The maximum absolute atomic E-state index is 12.4. The van der Waals surface area contributed by atoms with Crippen molar-refractivity contribution in [2.75, 3.05) is 13.7 Å². The van der Waals surface area contributed by atoms with Crippen LogP contribution in [-0.2, 0) is 11.3 Å². The van der Waals surface area contributed by atoms with Gasteiger partial charge in [0.2, 0.25) is 0 Å². The van der Waals surface area contributed by atoms with Gasteiger partial charge in [0.25, 0.3) is 0 Å². The van der Waals surface area contributed by atoms with Crippen LogP contribution in [-0.4, -0.2) is 19.8 Å². The van der Waals surface area contributed by atoms with E-state index in [2.05, 4.69) is 5.32 Å². The van der Waals surface area contributed by atoms with Gasteiger partial charge >= 0.3 is 6.18 Å². The van der Waals surface area contributed by atoms with Crippen LogP contribution >= 0.6 is 0 Å². The molecule has 0 spiro atoms. The van der Waals surface area contributed by atoms with Crippen molar-refractivity contribution in [1.82, 2.24) is 5.32 Å². The van der Waals surface area contributed by atoms with Gasteiger partial charge in [-0.05, 0) is 18.7 Å². The van der Waals surface area contributed by atoms with E-state index in [9.17, 15) is 13.2 Å². The molecule has 0 aliphatic carbocycles. The predicted molar refractivity (Wildman–Crippen MR) is 56.5 cm³/mol. The Morgan fingerprint density at radius 1 is 1.41 bits per heavy atom. The quantitative estimate of drug-likeness (QED) is 0.843. The predicted octanol–water partition coefficient (Wildman–Crippen LogP) is 3.03. The van der Waals surface area contributed by atoms with Crippen molar-refractivity contribution in [1.29, 1.82) is 0 Å². The molecule has 0 aliphatic heterocycles. The molecule has 0 saturated heterocycles. The smallest absolute Gasteiger partial charge is 0.391 e. The van der Waals surface area contributed by atoms with E-state index in [1.807, 2.05) is 0 Å². The number of alkyl halides is 3. The fourth-order valence-electron chi connectivity index (χ4n) is 1.55. The lowest BCUT2D eigenvalue weighted by molar-refractivity contribution is -0.141. The molecule has 0 fully saturated rings. The average Bonchev–Trinajstić information content (AvgIpc) is 2.64. The summed E-state index contributed by atoms with van der Waals surface area (Å²) in [7, 11) is 1.50. The fourth-order valence-corrected chi connectivity index (χ4v) is 1.55. The molecule has 3 nitrogen and oxygen atoms in total. The van der Waals surface area contributed by atoms with Gasteiger partial charge in [0, 0.05) is 7.11 Å². The molecule has 0 aliphatic rings. The molecule has 98 valence electrons. The molecule has 0 aromatic carbocycles. The van der Waals surface area contributed by atoms with Gasteiger partial charge in [-0.25, -0.2) is 0 Å². The van der Waals surface area contributed by atoms with E-state index in [1.165, 1.54) is 7.11 Å². The van der Waals surface area contributed by atoms with E-state index < -0.39 is 18.6 Å². The Morgan fingerprint density at radius 3 is 2.65 bits per heavy atom. The standard InChI is InChI=1S/C11H16F3NO2/c1-3-15-9(6-11(12,13)14)10-5-4-8(17-10)7-16-2/h4-5,9,15H,3,6-7H2,1-2H3. The Morgan fingerprint density at radius 2 is 2.12 bits per heavy atom. The molecular weight excluding hydrogens is 235 g/mol. The molecule has 0 amide bonds. The Kier molecular flexibility index (Phi) is 5.02. The van der Waals surface area contributed by atoms with E-state index in [-0.39, 0.29) is 12.4 Å². The van der Waals surface area contributed by atoms with Crippen LogP contribution in [0.15, 0.2) is 16.5 Å². The summed E-state index contributed by atoms with van der Waals surface area (Å²) in [5.74, 6) is 0.809. The lowest BCUT2D eigenvalue weighted by Gasteiger charge is -2.17. The summed E-state index contributed by atoms with van der Waals surface area (Å²) in [5, 5.41) is 2.76. The molecule has 1 heterocycles. The topological polar surface area (TPSA) is 34.4 Å². The number of ether oxygens (including phenoxy) is 1. The van der Waals surface area contributed by atoms with Crippen molar-refractivity contribution in [3.8, 4) is 0 Å². The van der Waals surface area contributed by atoms with Gasteiger partial charge < -0.3 is 14.5 Å². The maximum Gasteiger partial charge on any atom is 0.391 e. The Labute approximate surface area is 97.9 Å². The molecule has 1 unspecified atom stereocenters. The number of halogens is 3. The van der Waals surface area contributed by atoms with Crippen LogP contribution in [0.5, 0.6) is 0 Å². The van der Waals surface area contributed by atoms with Crippen molar-refractivity contribution >= 4 is 0 Å². The number of hydrogen-bond donors (Lipinski definition) is 1. The molecule has 1 aromatic heterocycles. The molecule has 1 N–H and O–H groups in total. The van der Waals surface area contributed by atoms with Gasteiger partial charge in [-0.2, -0.15) is 13.2 Å². The van der Waals surface area contributed by atoms with Gasteiger partial charge in [0.05, 0.1) is 12.5 Å². The normalized spacial score (nSPS) is 13.9. The largest absolute Gasteiger partial charge is 0.462 e. The molecule has 1 rings (SSSR count). The molecule has 6 heteroatoms. The summed E-state index contributed by atoms with van der Waals surface area (Å²) in [5.41, 5.74) is 0. The van der Waals surface area contributed by atoms with Gasteiger partial charge in [-0.1, -0.05) is 6.92 Å². The van der Waals surface area contributed by atoms with E-state index in [1.54, 1.807) is 19.1 Å². The molecule has 1 aromatic rings. The van der Waals surface area contributed by atoms with Crippen molar-refractivity contribution in [2.45, 2.75) is 32.2 Å². The van der Waals surface area contributed by atoms with Gasteiger partial charge in [0.15, 0.2) is 0 Å². The van der Waals surface area contributed by atoms with Crippen LogP contribution in [0, 0.1) is 0 Å². The summed E-state index contributed by atoms with van der Waals surface area (Å²) in [6.07, 6.45) is -5.16. The van der Waals surface area contributed by atoms with Gasteiger partial charge in [0.1, 0.15) is 18.1 Å². The summed E-state index contributed by atoms with van der Waals surface area (Å²) in [6, 6.07) is 2.33. The average molecular weight is 251 g/mol. The Balaban J connectivity index is 2.74. The first-order valence-electron chi connectivity index (χ1n) is 5.34. The number of rotatable bonds is 6. The second-order valence-corrected chi connectivity index (χ2v) is 3.67. The second-order valence-electron chi connectivity index (χ2n) is 3.67. The zero-order valence-electron chi connectivity index (χ0n) is 9.80. The molecule has 1 atom stereocenters. The van der Waals surface area contributed by atoms with E-state index in [0.717, 1.165) is 0 Å².